The number of fused-ring (bicyclic) bond motifs is 1. The number of hydrogen-bond donors (Lipinski definition) is 0. The first-order valence-corrected chi connectivity index (χ1v) is 27.3. The van der Waals surface area contributed by atoms with Crippen LogP contribution < -0.4 is 0 Å². The van der Waals surface area contributed by atoms with Crippen molar-refractivity contribution in [2.24, 2.45) is 0 Å². The molecule has 0 unspecified atom stereocenters. The fourth-order valence-electron chi connectivity index (χ4n) is 8.79. The number of epoxide rings is 1. The Morgan fingerprint density at radius 2 is 0.726 bits per heavy atom. The molecule has 4 aliphatic heterocycles. The van der Waals surface area contributed by atoms with Crippen molar-refractivity contribution in [1.82, 2.24) is 0 Å². The maximum Gasteiger partial charge on any atom is 0.303 e. The van der Waals surface area contributed by atoms with Crippen LogP contribution in [0.4, 0.5) is 0 Å². The molecule has 0 saturated carbocycles. The van der Waals surface area contributed by atoms with E-state index in [1.807, 2.05) is 0 Å². The third-order valence-corrected chi connectivity index (χ3v) is 12.2. The smallest absolute Gasteiger partial charge is 0.303 e. The normalized spacial score (nSPS) is 29.4. The van der Waals surface area contributed by atoms with Gasteiger partial charge in [0.2, 0.25) is 0 Å². The summed E-state index contributed by atoms with van der Waals surface area (Å²) in [5.41, 5.74) is 0. The predicted octanol–water partition coefficient (Wildman–Crippen LogP) is -2.23. The van der Waals surface area contributed by atoms with Gasteiger partial charge < -0.3 is 90.0 Å². The molecule has 4 rings (SSSR count). The van der Waals surface area contributed by atoms with Crippen LogP contribution in [0.15, 0.2) is 0 Å². The van der Waals surface area contributed by atoms with Crippen LogP contribution in [0.25, 0.3) is 0 Å². The molecule has 0 aromatic heterocycles. The van der Waals surface area contributed by atoms with Gasteiger partial charge >= 0.3 is 71.6 Å². The molecule has 0 bridgehead atoms. The average Bonchev–Trinajstić information content (AvgIpc) is 1.70. The lowest BCUT2D eigenvalue weighted by molar-refractivity contribution is -0.357. The molecule has 0 N–H and O–H groups in total. The first kappa shape index (κ1) is 69.8. The Kier molecular flexibility index (Phi) is 26.1. The zero-order valence-corrected chi connectivity index (χ0v) is 48.6. The average molecular weight is 1230 g/mol. The largest absolute Gasteiger partial charge is 0.463 e. The Labute approximate surface area is 479 Å². The SMILES string of the molecule is CC(=O)OC[C@H](OC(C)=O)[C@@H](OC(C)=O)[C@H](O[C@H]1O[C@H](COS(C)(=O)=O)[C@@H](O[C@H]2O[C@H](COC(C)=O)[C@@H](O[C@H]3O[C@H](COC(C)=O)[C@@H](OC(C)=O)[C@H](OC(C)=O)[C@H]3OC(C)=O)[C@@H]3O[C@H]23)[C@H](OC(C)=O)[C@H]1OC(C)=O)[C@@H](COC(C)=O)OC(C)=O. The van der Waals surface area contributed by atoms with Crippen molar-refractivity contribution in [3.05, 3.63) is 0 Å². The molecular weight excluding hydrogens is 1160 g/mol. The van der Waals surface area contributed by atoms with E-state index < -0.39 is 231 Å². The summed E-state index contributed by atoms with van der Waals surface area (Å²) in [5, 5.41) is 0. The van der Waals surface area contributed by atoms with Gasteiger partial charge in [0.25, 0.3) is 10.1 Å². The van der Waals surface area contributed by atoms with Crippen molar-refractivity contribution in [2.75, 3.05) is 39.3 Å². The second kappa shape index (κ2) is 31.4. The highest BCUT2D eigenvalue weighted by Gasteiger charge is 2.64. The van der Waals surface area contributed by atoms with E-state index in [0.717, 1.165) is 83.1 Å². The molecule has 4 aliphatic rings. The molecule has 34 nitrogen and oxygen atoms in total. The van der Waals surface area contributed by atoms with Crippen LogP contribution in [0.2, 0.25) is 0 Å². The van der Waals surface area contributed by atoms with Crippen molar-refractivity contribution in [1.29, 1.82) is 0 Å². The van der Waals surface area contributed by atoms with E-state index in [9.17, 15) is 66.0 Å². The van der Waals surface area contributed by atoms with Crippen LogP contribution in [0, 0.1) is 0 Å². The highest BCUT2D eigenvalue weighted by Crippen LogP contribution is 2.44. The summed E-state index contributed by atoms with van der Waals surface area (Å²) < 4.78 is 140. The van der Waals surface area contributed by atoms with E-state index in [1.165, 1.54) is 0 Å². The van der Waals surface area contributed by atoms with E-state index in [4.69, 9.17) is 94.2 Å². The molecule has 0 aliphatic carbocycles. The lowest BCUT2D eigenvalue weighted by atomic mass is 9.96. The summed E-state index contributed by atoms with van der Waals surface area (Å²) in [6.45, 7) is 7.22. The second-order valence-corrected chi connectivity index (χ2v) is 20.6. The summed E-state index contributed by atoms with van der Waals surface area (Å²) in [6, 6.07) is 0. The molecule has 0 spiro atoms. The highest BCUT2D eigenvalue weighted by atomic mass is 32.2. The molecule has 35 heteroatoms. The zero-order valence-electron chi connectivity index (χ0n) is 47.8. The fraction of sp³-hybridized carbons (Fsp3) is 0.755. The quantitative estimate of drug-likeness (QED) is 0.0346. The van der Waals surface area contributed by atoms with E-state index in [1.54, 1.807) is 0 Å². The Morgan fingerprint density at radius 1 is 0.357 bits per heavy atom. The van der Waals surface area contributed by atoms with Crippen LogP contribution in [-0.4, -0.2) is 236 Å². The van der Waals surface area contributed by atoms with E-state index in [0.29, 0.717) is 6.26 Å². The minimum Gasteiger partial charge on any atom is -0.463 e. The third kappa shape index (κ3) is 22.0. The Balaban J connectivity index is 1.89. The Morgan fingerprint density at radius 3 is 1.17 bits per heavy atom. The van der Waals surface area contributed by atoms with Gasteiger partial charge in [0, 0.05) is 83.1 Å². The van der Waals surface area contributed by atoms with Crippen LogP contribution in [-0.2, 0) is 162 Å². The zero-order chi connectivity index (χ0) is 63.1. The second-order valence-electron chi connectivity index (χ2n) is 18.9. The molecule has 0 aromatic rings. The monoisotopic (exact) mass is 1230 g/mol. The number of rotatable bonds is 28. The number of esters is 12. The molecule has 19 atom stereocenters. The van der Waals surface area contributed by atoms with Gasteiger partial charge in [-0.1, -0.05) is 0 Å². The summed E-state index contributed by atoms with van der Waals surface area (Å²) in [4.78, 5) is 151. The number of carbonyl (C=O) groups is 12. The molecule has 0 amide bonds. The van der Waals surface area contributed by atoms with Crippen molar-refractivity contribution >= 4 is 81.7 Å². The van der Waals surface area contributed by atoms with E-state index in [2.05, 4.69) is 0 Å². The van der Waals surface area contributed by atoms with Gasteiger partial charge in [-0.25, -0.2) is 0 Å². The lowest BCUT2D eigenvalue weighted by Gasteiger charge is -2.48. The summed E-state index contributed by atoms with van der Waals surface area (Å²) in [5.74, 6) is -12.0. The van der Waals surface area contributed by atoms with Crippen molar-refractivity contribution < 1.29 is 160 Å². The topological polar surface area (TPSA) is 427 Å². The van der Waals surface area contributed by atoms with Gasteiger partial charge in [-0.15, -0.1) is 0 Å². The van der Waals surface area contributed by atoms with Gasteiger partial charge in [-0.3, -0.25) is 61.7 Å². The molecule has 4 saturated heterocycles. The van der Waals surface area contributed by atoms with Crippen molar-refractivity contribution in [3.8, 4) is 0 Å². The highest BCUT2D eigenvalue weighted by molar-refractivity contribution is 7.86. The number of ether oxygens (including phenoxy) is 19. The van der Waals surface area contributed by atoms with Crippen molar-refractivity contribution in [3.63, 3.8) is 0 Å². The predicted molar refractivity (Wildman–Crippen MR) is 261 cm³/mol. The Bertz CT molecular complexity index is 2520. The minimum absolute atomic E-state index is 0.639. The van der Waals surface area contributed by atoms with E-state index in [-0.39, 0.29) is 0 Å². The van der Waals surface area contributed by atoms with Gasteiger partial charge in [0.15, 0.2) is 67.7 Å². The molecule has 4 heterocycles. The van der Waals surface area contributed by atoms with Gasteiger partial charge in [-0.05, 0) is 0 Å². The molecule has 0 radical (unpaired) electrons. The van der Waals surface area contributed by atoms with Crippen LogP contribution in [0.1, 0.15) is 83.1 Å². The summed E-state index contributed by atoms with van der Waals surface area (Å²) in [6.07, 6.45) is -33.3. The molecule has 4 fully saturated rings. The first-order chi connectivity index (χ1) is 39.1. The minimum atomic E-state index is -4.46. The number of hydrogen-bond acceptors (Lipinski definition) is 34. The van der Waals surface area contributed by atoms with Gasteiger partial charge in [0.1, 0.15) is 75.3 Å². The van der Waals surface area contributed by atoms with Crippen molar-refractivity contribution in [2.45, 2.75) is 200 Å². The van der Waals surface area contributed by atoms with E-state index >= 15 is 0 Å². The molecule has 84 heavy (non-hydrogen) atoms. The standard InChI is InChI=1S/C49H68O34S/c1-19(50)64-14-31(69-23(5)54)36(71-25(7)56)37(32(70-24(6)55)15-65-20(2)51)81-48-45(76-30(12)61)42(74-28(10)59)40(35(79-48)18-68-84(13,62)63)83-49-46-43(80-46)39(34(78-49)17-67-22(4)53)82-47-44(75-29(11)60)41(73-27(9)58)38(72-26(8)57)33(77-47)16-66-21(3)52/h31-49H,14-18H2,1-13H3/t31-,32+,33+,34+,35+,36+,37+,38+,39+,40+,41-,42-,43-,44+,45+,46-,47+,48+,49+/m0/s1. The third-order valence-electron chi connectivity index (χ3n) is 11.6. The maximum absolute atomic E-state index is 13.2. The van der Waals surface area contributed by atoms with Gasteiger partial charge in [-0.2, -0.15) is 8.42 Å². The number of carbonyl (C=O) groups excluding carboxylic acids is 12. The summed E-state index contributed by atoms with van der Waals surface area (Å²) in [7, 11) is -4.46. The van der Waals surface area contributed by atoms with Gasteiger partial charge in [0.05, 0.1) is 12.9 Å². The van der Waals surface area contributed by atoms with Crippen LogP contribution >= 0.6 is 0 Å². The maximum atomic E-state index is 13.2. The molecule has 0 aromatic carbocycles. The first-order valence-electron chi connectivity index (χ1n) is 25.5. The fourth-order valence-corrected chi connectivity index (χ4v) is 9.17. The molecule has 474 valence electrons. The Hall–Kier alpha value is -6.73. The lowest BCUT2D eigenvalue weighted by Crippen LogP contribution is -2.66. The summed E-state index contributed by atoms with van der Waals surface area (Å²) >= 11 is 0. The molecular formula is C49H68O34S. The van der Waals surface area contributed by atoms with Crippen LogP contribution in [0.5, 0.6) is 0 Å². The van der Waals surface area contributed by atoms with Crippen LogP contribution in [0.3, 0.4) is 0 Å².